The Morgan fingerprint density at radius 1 is 1.27 bits per heavy atom. The largest absolute Gasteiger partial charge is 0.441 e. The molecule has 9 nitrogen and oxygen atoms in total. The maximum atomic E-state index is 12.7. The van der Waals surface area contributed by atoms with Gasteiger partial charge in [-0.1, -0.05) is 0 Å². The van der Waals surface area contributed by atoms with Gasteiger partial charge in [-0.3, -0.25) is 9.48 Å². The van der Waals surface area contributed by atoms with Crippen LogP contribution in [0, 0.1) is 0 Å². The van der Waals surface area contributed by atoms with Crippen molar-refractivity contribution in [2.75, 3.05) is 59.9 Å². The molecule has 166 valence electrons. The van der Waals surface area contributed by atoms with Crippen LogP contribution in [-0.4, -0.2) is 113 Å². The molecule has 3 saturated heterocycles. The highest BCUT2D eigenvalue weighted by atomic mass is 16.6. The van der Waals surface area contributed by atoms with E-state index in [1.165, 1.54) is 6.42 Å². The number of nitrogens with zero attached hydrogens (tertiary/aromatic N) is 6. The minimum atomic E-state index is -0.440. The zero-order valence-corrected chi connectivity index (χ0v) is 18.4. The molecule has 4 rings (SSSR count). The molecule has 2 amide bonds. The minimum absolute atomic E-state index is 0.00679. The zero-order chi connectivity index (χ0) is 21.3. The number of aryl methyl sites for hydroxylation is 1. The highest BCUT2D eigenvalue weighted by Crippen LogP contribution is 2.33. The monoisotopic (exact) mass is 418 g/mol. The molecule has 1 aromatic heterocycles. The third kappa shape index (κ3) is 4.32. The van der Waals surface area contributed by atoms with Gasteiger partial charge in [0, 0.05) is 58.3 Å². The van der Waals surface area contributed by atoms with E-state index in [0.717, 1.165) is 32.6 Å². The number of likely N-dealkylation sites (tertiary alicyclic amines) is 2. The van der Waals surface area contributed by atoms with Crippen molar-refractivity contribution in [3.63, 3.8) is 0 Å². The van der Waals surface area contributed by atoms with E-state index in [2.05, 4.69) is 29.0 Å². The summed E-state index contributed by atoms with van der Waals surface area (Å²) >= 11 is 0. The Labute approximate surface area is 178 Å². The van der Waals surface area contributed by atoms with Crippen LogP contribution >= 0.6 is 0 Å². The molecule has 30 heavy (non-hydrogen) atoms. The van der Waals surface area contributed by atoms with Gasteiger partial charge in [0.05, 0.1) is 6.54 Å². The quantitative estimate of drug-likeness (QED) is 0.683. The Bertz CT molecular complexity index is 771. The number of likely N-dealkylation sites (N-methyl/N-ethyl adjacent to an activating group) is 1. The second kappa shape index (κ2) is 8.55. The molecule has 3 aliphatic rings. The van der Waals surface area contributed by atoms with Crippen LogP contribution in [0.25, 0.3) is 0 Å². The van der Waals surface area contributed by atoms with E-state index in [-0.39, 0.29) is 12.0 Å². The van der Waals surface area contributed by atoms with Crippen LogP contribution in [0.2, 0.25) is 0 Å². The van der Waals surface area contributed by atoms with E-state index in [4.69, 9.17) is 4.74 Å². The SMILES string of the molecule is CN(C)[C@H]1CCN(CCCN2CC3(CCN(C(=O)c4ccnn4C)CC3)OC2=O)C1. The molecular formula is C21H34N6O3. The summed E-state index contributed by atoms with van der Waals surface area (Å²) in [6.07, 6.45) is 5.00. The van der Waals surface area contributed by atoms with Crippen LogP contribution < -0.4 is 0 Å². The van der Waals surface area contributed by atoms with Gasteiger partial charge < -0.3 is 24.3 Å². The number of carbonyl (C=O) groups is 2. The number of piperidine rings is 1. The van der Waals surface area contributed by atoms with Gasteiger partial charge in [0.2, 0.25) is 0 Å². The molecule has 0 N–H and O–H groups in total. The first kappa shape index (κ1) is 21.1. The molecule has 4 heterocycles. The molecule has 1 atom stereocenters. The summed E-state index contributed by atoms with van der Waals surface area (Å²) in [6, 6.07) is 2.38. The van der Waals surface area contributed by atoms with Crippen molar-refractivity contribution in [3.8, 4) is 0 Å². The number of rotatable bonds is 6. The van der Waals surface area contributed by atoms with E-state index >= 15 is 0 Å². The molecule has 3 fully saturated rings. The first-order valence-corrected chi connectivity index (χ1v) is 11.0. The molecule has 3 aliphatic heterocycles. The Kier molecular flexibility index (Phi) is 6.02. The predicted molar refractivity (Wildman–Crippen MR) is 112 cm³/mol. The normalized spacial score (nSPS) is 24.3. The van der Waals surface area contributed by atoms with Crippen LogP contribution in [0.5, 0.6) is 0 Å². The first-order valence-electron chi connectivity index (χ1n) is 11.0. The van der Waals surface area contributed by atoms with Crippen molar-refractivity contribution in [1.29, 1.82) is 0 Å². The van der Waals surface area contributed by atoms with E-state index < -0.39 is 5.60 Å². The first-order chi connectivity index (χ1) is 14.4. The van der Waals surface area contributed by atoms with Crippen molar-refractivity contribution in [3.05, 3.63) is 18.0 Å². The number of aromatic nitrogens is 2. The molecule has 0 unspecified atom stereocenters. The second-order valence-electron chi connectivity index (χ2n) is 9.17. The van der Waals surface area contributed by atoms with Gasteiger partial charge in [-0.05, 0) is 46.1 Å². The van der Waals surface area contributed by atoms with Gasteiger partial charge in [-0.25, -0.2) is 4.79 Å². The number of hydrogen-bond acceptors (Lipinski definition) is 6. The minimum Gasteiger partial charge on any atom is -0.441 e. The number of ether oxygens (including phenoxy) is 1. The Balaban J connectivity index is 1.23. The Hall–Kier alpha value is -2.13. The molecule has 1 spiro atoms. The lowest BCUT2D eigenvalue weighted by Gasteiger charge is -2.37. The van der Waals surface area contributed by atoms with Gasteiger partial charge >= 0.3 is 6.09 Å². The van der Waals surface area contributed by atoms with E-state index in [9.17, 15) is 9.59 Å². The fourth-order valence-corrected chi connectivity index (χ4v) is 4.91. The standard InChI is InChI=1S/C21H34N6O3/c1-23(2)17-6-12-25(15-17)10-4-11-27-16-21(30-20(27)29)7-13-26(14-8-21)19(28)18-5-9-22-24(18)3/h5,9,17H,4,6-8,10-16H2,1-3H3/t17-/m0/s1. The van der Waals surface area contributed by atoms with Crippen LogP contribution in [0.4, 0.5) is 4.79 Å². The lowest BCUT2D eigenvalue weighted by molar-refractivity contribution is 0.00284. The molecule has 1 aromatic rings. The Morgan fingerprint density at radius 3 is 2.67 bits per heavy atom. The third-order valence-corrected chi connectivity index (χ3v) is 6.92. The predicted octanol–water partition coefficient (Wildman–Crippen LogP) is 0.873. The number of carbonyl (C=O) groups excluding carboxylic acids is 2. The smallest absolute Gasteiger partial charge is 0.410 e. The summed E-state index contributed by atoms with van der Waals surface area (Å²) in [5.41, 5.74) is 0.152. The molecule has 0 aliphatic carbocycles. The summed E-state index contributed by atoms with van der Waals surface area (Å²) in [5.74, 6) is -0.00679. The van der Waals surface area contributed by atoms with E-state index in [1.54, 1.807) is 24.0 Å². The number of amides is 2. The average molecular weight is 419 g/mol. The lowest BCUT2D eigenvalue weighted by atomic mass is 9.91. The van der Waals surface area contributed by atoms with Crippen molar-refractivity contribution in [2.45, 2.75) is 37.3 Å². The highest BCUT2D eigenvalue weighted by molar-refractivity contribution is 5.92. The molecule has 0 aromatic carbocycles. The third-order valence-electron chi connectivity index (χ3n) is 6.92. The summed E-state index contributed by atoms with van der Waals surface area (Å²) in [6.45, 7) is 5.85. The van der Waals surface area contributed by atoms with Crippen LogP contribution in [-0.2, 0) is 11.8 Å². The van der Waals surface area contributed by atoms with Gasteiger partial charge in [-0.15, -0.1) is 0 Å². The maximum Gasteiger partial charge on any atom is 0.410 e. The van der Waals surface area contributed by atoms with Crippen molar-refractivity contribution >= 4 is 12.0 Å². The maximum absolute atomic E-state index is 12.7. The summed E-state index contributed by atoms with van der Waals surface area (Å²) in [4.78, 5) is 33.6. The van der Waals surface area contributed by atoms with Crippen molar-refractivity contribution < 1.29 is 14.3 Å². The van der Waals surface area contributed by atoms with Crippen molar-refractivity contribution in [1.82, 2.24) is 29.4 Å². The van der Waals surface area contributed by atoms with Gasteiger partial charge in [0.1, 0.15) is 11.3 Å². The fraction of sp³-hybridized carbons (Fsp3) is 0.762. The molecular weight excluding hydrogens is 384 g/mol. The number of hydrogen-bond donors (Lipinski definition) is 0. The zero-order valence-electron chi connectivity index (χ0n) is 18.4. The molecule has 0 bridgehead atoms. The molecule has 0 radical (unpaired) electrons. The summed E-state index contributed by atoms with van der Waals surface area (Å²) < 4.78 is 7.43. The second-order valence-corrected chi connectivity index (χ2v) is 9.17. The average Bonchev–Trinajstić information content (AvgIpc) is 3.42. The molecule has 9 heteroatoms. The van der Waals surface area contributed by atoms with Gasteiger partial charge in [0.25, 0.3) is 5.91 Å². The van der Waals surface area contributed by atoms with Crippen LogP contribution in [0.15, 0.2) is 12.3 Å². The fourth-order valence-electron chi connectivity index (χ4n) is 4.91. The van der Waals surface area contributed by atoms with Crippen LogP contribution in [0.1, 0.15) is 36.2 Å². The highest BCUT2D eigenvalue weighted by Gasteiger charge is 2.47. The van der Waals surface area contributed by atoms with E-state index in [1.807, 2.05) is 9.80 Å². The van der Waals surface area contributed by atoms with Crippen LogP contribution in [0.3, 0.4) is 0 Å². The summed E-state index contributed by atoms with van der Waals surface area (Å²) in [5, 5.41) is 4.08. The van der Waals surface area contributed by atoms with E-state index in [0.29, 0.717) is 44.2 Å². The topological polar surface area (TPSA) is 74.2 Å². The molecule has 0 saturated carbocycles. The Morgan fingerprint density at radius 2 is 2.03 bits per heavy atom. The summed E-state index contributed by atoms with van der Waals surface area (Å²) in [7, 11) is 6.06. The van der Waals surface area contributed by atoms with Gasteiger partial charge in [-0.2, -0.15) is 5.10 Å². The lowest BCUT2D eigenvalue weighted by Crippen LogP contribution is -2.49. The van der Waals surface area contributed by atoms with Crippen molar-refractivity contribution in [2.24, 2.45) is 7.05 Å². The van der Waals surface area contributed by atoms with Gasteiger partial charge in [0.15, 0.2) is 0 Å².